The minimum Gasteiger partial charge on any atom is -0.488 e. The zero-order valence-corrected chi connectivity index (χ0v) is 10.1. The van der Waals surface area contributed by atoms with Gasteiger partial charge in [-0.25, -0.2) is 5.10 Å². The fourth-order valence-corrected chi connectivity index (χ4v) is 1.68. The lowest BCUT2D eigenvalue weighted by Crippen LogP contribution is -1.95. The summed E-state index contributed by atoms with van der Waals surface area (Å²) in [6, 6.07) is 18.7. The van der Waals surface area contributed by atoms with Gasteiger partial charge in [0.25, 0.3) is 0 Å². The second-order valence-corrected chi connectivity index (χ2v) is 3.95. The molecule has 3 rings (SSSR count). The largest absolute Gasteiger partial charge is 0.488 e. The van der Waals surface area contributed by atoms with Gasteiger partial charge in [0, 0.05) is 11.6 Å². The van der Waals surface area contributed by atoms with Crippen LogP contribution in [0.25, 0.3) is 11.4 Å². The van der Waals surface area contributed by atoms with E-state index in [4.69, 9.17) is 4.74 Å². The molecule has 0 amide bonds. The second kappa shape index (κ2) is 5.30. The molecule has 5 nitrogen and oxygen atoms in total. The molecule has 0 atom stereocenters. The molecule has 1 heterocycles. The molecule has 5 heteroatoms. The number of benzene rings is 2. The molecule has 0 saturated carbocycles. The van der Waals surface area contributed by atoms with Crippen LogP contribution in [0, 0.1) is 6.07 Å². The van der Waals surface area contributed by atoms with Crippen molar-refractivity contribution in [1.82, 2.24) is 20.6 Å². The number of nitrogens with zero attached hydrogens (tertiary/aromatic N) is 3. The van der Waals surface area contributed by atoms with E-state index in [1.165, 1.54) is 0 Å². The zero-order chi connectivity index (χ0) is 12.9. The lowest BCUT2D eigenvalue weighted by Gasteiger charge is -2.06. The number of hydrogen-bond acceptors (Lipinski definition) is 4. The van der Waals surface area contributed by atoms with Crippen LogP contribution in [-0.2, 0) is 6.61 Å². The summed E-state index contributed by atoms with van der Waals surface area (Å²) in [5.74, 6) is 1.24. The minimum absolute atomic E-state index is 0.509. The number of aromatic amines is 1. The van der Waals surface area contributed by atoms with E-state index in [0.717, 1.165) is 11.1 Å². The van der Waals surface area contributed by atoms with Crippen LogP contribution < -0.4 is 4.74 Å². The molecular weight excluding hydrogens is 240 g/mol. The van der Waals surface area contributed by atoms with Gasteiger partial charge in [-0.15, -0.1) is 5.10 Å². The van der Waals surface area contributed by atoms with Crippen LogP contribution in [0.4, 0.5) is 0 Å². The Morgan fingerprint density at radius 2 is 1.95 bits per heavy atom. The lowest BCUT2D eigenvalue weighted by atomic mass is 10.2. The van der Waals surface area contributed by atoms with Gasteiger partial charge in [0.2, 0.25) is 0 Å². The molecule has 1 radical (unpaired) electrons. The Hall–Kier alpha value is -2.69. The zero-order valence-electron chi connectivity index (χ0n) is 10.1. The van der Waals surface area contributed by atoms with E-state index in [9.17, 15) is 0 Å². The van der Waals surface area contributed by atoms with E-state index in [1.807, 2.05) is 48.5 Å². The molecule has 93 valence electrons. The summed E-state index contributed by atoms with van der Waals surface area (Å²) in [5, 5.41) is 13.6. The number of hydrogen-bond donors (Lipinski definition) is 1. The van der Waals surface area contributed by atoms with Gasteiger partial charge in [0.15, 0.2) is 5.82 Å². The van der Waals surface area contributed by atoms with Crippen LogP contribution in [0.2, 0.25) is 0 Å². The van der Waals surface area contributed by atoms with Gasteiger partial charge in [0.1, 0.15) is 12.4 Å². The standard InChI is InChI=1S/C14H11N4O/c1-2-5-11(6-3-1)10-19-13-8-4-7-12(9-13)14-15-17-18-16-14/h1-8H,10H2,(H,15,16,17,18). The first-order valence-corrected chi connectivity index (χ1v) is 5.85. The van der Waals surface area contributed by atoms with Gasteiger partial charge >= 0.3 is 0 Å². The summed E-state index contributed by atoms with van der Waals surface area (Å²) in [6.07, 6.45) is 0. The van der Waals surface area contributed by atoms with Crippen molar-refractivity contribution in [1.29, 1.82) is 0 Å². The van der Waals surface area contributed by atoms with E-state index in [0.29, 0.717) is 18.2 Å². The van der Waals surface area contributed by atoms with E-state index in [1.54, 1.807) is 0 Å². The maximum absolute atomic E-state index is 5.69. The van der Waals surface area contributed by atoms with E-state index < -0.39 is 0 Å². The summed E-state index contributed by atoms with van der Waals surface area (Å²) < 4.78 is 5.69. The van der Waals surface area contributed by atoms with Gasteiger partial charge in [-0.05, 0) is 22.1 Å². The van der Waals surface area contributed by atoms with Crippen LogP contribution in [0.15, 0.2) is 48.5 Å². The van der Waals surface area contributed by atoms with Crippen molar-refractivity contribution in [3.63, 3.8) is 0 Å². The highest BCUT2D eigenvalue weighted by Crippen LogP contribution is 2.19. The van der Waals surface area contributed by atoms with Gasteiger partial charge in [-0.1, -0.05) is 42.5 Å². The molecule has 0 spiro atoms. The Balaban J connectivity index is 1.74. The topological polar surface area (TPSA) is 63.7 Å². The second-order valence-electron chi connectivity index (χ2n) is 3.95. The molecule has 0 aliphatic heterocycles. The molecule has 19 heavy (non-hydrogen) atoms. The summed E-state index contributed by atoms with van der Waals surface area (Å²) >= 11 is 0. The molecule has 1 N–H and O–H groups in total. The average Bonchev–Trinajstić information content (AvgIpc) is 3.01. The van der Waals surface area contributed by atoms with Crippen LogP contribution in [0.1, 0.15) is 5.56 Å². The fraction of sp³-hybridized carbons (Fsp3) is 0.0714. The third-order valence-electron chi connectivity index (χ3n) is 2.61. The van der Waals surface area contributed by atoms with E-state index in [-0.39, 0.29) is 0 Å². The Kier molecular flexibility index (Phi) is 3.18. The summed E-state index contributed by atoms with van der Waals surface area (Å²) in [4.78, 5) is 0. The first kappa shape index (κ1) is 11.4. The monoisotopic (exact) mass is 251 g/mol. The first-order valence-electron chi connectivity index (χ1n) is 5.85. The van der Waals surface area contributed by atoms with Crippen molar-refractivity contribution < 1.29 is 4.74 Å². The predicted octanol–water partition coefficient (Wildman–Crippen LogP) is 2.25. The average molecular weight is 251 g/mol. The third kappa shape index (κ3) is 2.77. The van der Waals surface area contributed by atoms with Gasteiger partial charge in [-0.3, -0.25) is 0 Å². The summed E-state index contributed by atoms with van der Waals surface area (Å²) in [7, 11) is 0. The molecule has 0 fully saturated rings. The number of rotatable bonds is 4. The van der Waals surface area contributed by atoms with E-state index >= 15 is 0 Å². The molecule has 0 bridgehead atoms. The molecule has 3 aromatic rings. The molecule has 0 aliphatic rings. The van der Waals surface area contributed by atoms with Crippen LogP contribution in [0.5, 0.6) is 5.75 Å². The highest BCUT2D eigenvalue weighted by Gasteiger charge is 2.04. The van der Waals surface area contributed by atoms with Crippen LogP contribution in [-0.4, -0.2) is 20.6 Å². The smallest absolute Gasteiger partial charge is 0.180 e. The maximum Gasteiger partial charge on any atom is 0.180 e. The molecule has 1 aromatic heterocycles. The molecule has 0 aliphatic carbocycles. The number of H-pyrrole nitrogens is 1. The van der Waals surface area contributed by atoms with Crippen molar-refractivity contribution in [3.8, 4) is 17.1 Å². The SMILES string of the molecule is [c]1c(OCc2ccccc2)cccc1-c1nnn[nH]1. The van der Waals surface area contributed by atoms with Crippen molar-refractivity contribution in [2.75, 3.05) is 0 Å². The normalized spacial score (nSPS) is 10.3. The quantitative estimate of drug-likeness (QED) is 0.772. The Morgan fingerprint density at radius 1 is 1.05 bits per heavy atom. The number of nitrogens with one attached hydrogen (secondary N) is 1. The molecule has 2 aromatic carbocycles. The van der Waals surface area contributed by atoms with Crippen molar-refractivity contribution in [2.45, 2.75) is 6.61 Å². The lowest BCUT2D eigenvalue weighted by molar-refractivity contribution is 0.305. The molecular formula is C14H11N4O. The Morgan fingerprint density at radius 3 is 2.74 bits per heavy atom. The van der Waals surface area contributed by atoms with Gasteiger partial charge < -0.3 is 4.74 Å². The van der Waals surface area contributed by atoms with Gasteiger partial charge in [0.05, 0.1) is 0 Å². The number of tetrazole rings is 1. The highest BCUT2D eigenvalue weighted by atomic mass is 16.5. The van der Waals surface area contributed by atoms with Gasteiger partial charge in [-0.2, -0.15) is 0 Å². The van der Waals surface area contributed by atoms with Crippen LogP contribution in [0.3, 0.4) is 0 Å². The van der Waals surface area contributed by atoms with Crippen molar-refractivity contribution >= 4 is 0 Å². The fourth-order valence-electron chi connectivity index (χ4n) is 1.68. The number of aromatic nitrogens is 4. The summed E-state index contributed by atoms with van der Waals surface area (Å²) in [6.45, 7) is 0.509. The number of ether oxygens (including phenoxy) is 1. The minimum atomic E-state index is 0.509. The Labute approximate surface area is 110 Å². The summed E-state index contributed by atoms with van der Waals surface area (Å²) in [5.41, 5.74) is 1.89. The highest BCUT2D eigenvalue weighted by molar-refractivity contribution is 5.55. The molecule has 0 unspecified atom stereocenters. The maximum atomic E-state index is 5.69. The van der Waals surface area contributed by atoms with E-state index in [2.05, 4.69) is 26.7 Å². The van der Waals surface area contributed by atoms with Crippen molar-refractivity contribution in [2.24, 2.45) is 0 Å². The first-order chi connectivity index (χ1) is 9.42. The Bertz CT molecular complexity index is 638. The predicted molar refractivity (Wildman–Crippen MR) is 69.2 cm³/mol. The third-order valence-corrected chi connectivity index (χ3v) is 2.61. The van der Waals surface area contributed by atoms with Crippen molar-refractivity contribution in [3.05, 3.63) is 60.2 Å². The molecule has 0 saturated heterocycles. The van der Waals surface area contributed by atoms with Crippen LogP contribution >= 0.6 is 0 Å².